The molecule has 2 bridgehead atoms. The topological polar surface area (TPSA) is 55.1 Å². The third-order valence-electron chi connectivity index (χ3n) is 3.23. The summed E-state index contributed by atoms with van der Waals surface area (Å²) in [6, 6.07) is 5.96. The summed E-state index contributed by atoms with van der Waals surface area (Å²) in [5.74, 6) is 0.599. The highest BCUT2D eigenvalue weighted by molar-refractivity contribution is 5.97. The number of carbonyl (C=O) groups is 1. The number of carbonyl (C=O) groups excluding carboxylic acids is 1. The number of amides is 1. The Morgan fingerprint density at radius 2 is 2.14 bits per heavy atom. The summed E-state index contributed by atoms with van der Waals surface area (Å²) in [6.45, 7) is 0. The smallest absolute Gasteiger partial charge is 0.251 e. The van der Waals surface area contributed by atoms with E-state index in [0.717, 1.165) is 29.7 Å². The molecule has 14 heavy (non-hydrogen) atoms. The first-order valence-electron chi connectivity index (χ1n) is 4.94. The summed E-state index contributed by atoms with van der Waals surface area (Å²) in [5.41, 5.74) is 8.42. The SMILES string of the molecule is Nc1ccc2c(c1)C1CC(C1)NC2=O. The van der Waals surface area contributed by atoms with E-state index in [1.165, 1.54) is 0 Å². The molecule has 3 heteroatoms. The third-order valence-corrected chi connectivity index (χ3v) is 3.23. The van der Waals surface area contributed by atoms with Gasteiger partial charge < -0.3 is 11.1 Å². The van der Waals surface area contributed by atoms with E-state index in [-0.39, 0.29) is 5.91 Å². The van der Waals surface area contributed by atoms with Gasteiger partial charge in [0.1, 0.15) is 0 Å². The molecular weight excluding hydrogens is 176 g/mol. The van der Waals surface area contributed by atoms with Crippen molar-refractivity contribution in [3.05, 3.63) is 29.3 Å². The van der Waals surface area contributed by atoms with Crippen LogP contribution in [0.2, 0.25) is 0 Å². The quantitative estimate of drug-likeness (QED) is 0.602. The summed E-state index contributed by atoms with van der Waals surface area (Å²) >= 11 is 0. The second-order valence-electron chi connectivity index (χ2n) is 4.19. The molecule has 0 aromatic heterocycles. The molecule has 1 aromatic rings. The number of nitrogens with two attached hydrogens (primary N) is 1. The molecule has 1 aliphatic carbocycles. The molecule has 2 aliphatic heterocycles. The van der Waals surface area contributed by atoms with E-state index in [1.807, 2.05) is 12.1 Å². The molecule has 0 unspecified atom stereocenters. The van der Waals surface area contributed by atoms with Crippen molar-refractivity contribution >= 4 is 11.6 Å². The van der Waals surface area contributed by atoms with Gasteiger partial charge in [0.15, 0.2) is 0 Å². The van der Waals surface area contributed by atoms with E-state index >= 15 is 0 Å². The average Bonchev–Trinajstić information content (AvgIpc) is 2.29. The van der Waals surface area contributed by atoms with Crippen molar-refractivity contribution in [3.8, 4) is 0 Å². The normalized spacial score (nSPS) is 28.4. The van der Waals surface area contributed by atoms with Gasteiger partial charge in [-0.25, -0.2) is 0 Å². The lowest BCUT2D eigenvalue weighted by atomic mass is 9.76. The predicted octanol–water partition coefficient (Wildman–Crippen LogP) is 1.26. The first-order valence-corrected chi connectivity index (χ1v) is 4.94. The molecular formula is C11H12N2O. The minimum absolute atomic E-state index is 0.0602. The highest BCUT2D eigenvalue weighted by Crippen LogP contribution is 2.41. The van der Waals surface area contributed by atoms with Crippen LogP contribution in [-0.4, -0.2) is 11.9 Å². The average molecular weight is 188 g/mol. The molecule has 3 N–H and O–H groups in total. The number of nitrogens with one attached hydrogen (secondary N) is 1. The zero-order valence-corrected chi connectivity index (χ0v) is 7.79. The minimum Gasteiger partial charge on any atom is -0.399 e. The monoisotopic (exact) mass is 188 g/mol. The van der Waals surface area contributed by atoms with Gasteiger partial charge in [-0.2, -0.15) is 0 Å². The molecule has 4 rings (SSSR count). The van der Waals surface area contributed by atoms with Crippen molar-refractivity contribution in [2.45, 2.75) is 24.8 Å². The molecule has 0 atom stereocenters. The third kappa shape index (κ3) is 0.953. The Hall–Kier alpha value is -1.51. The zero-order valence-electron chi connectivity index (χ0n) is 7.79. The second kappa shape index (κ2) is 2.50. The van der Waals surface area contributed by atoms with Gasteiger partial charge in [-0.1, -0.05) is 0 Å². The zero-order chi connectivity index (χ0) is 9.71. The van der Waals surface area contributed by atoms with E-state index in [0.29, 0.717) is 12.0 Å². The van der Waals surface area contributed by atoms with E-state index < -0.39 is 0 Å². The van der Waals surface area contributed by atoms with Crippen molar-refractivity contribution in [1.82, 2.24) is 5.32 Å². The number of rotatable bonds is 0. The summed E-state index contributed by atoms with van der Waals surface area (Å²) in [6.07, 6.45) is 2.14. The molecule has 1 aromatic carbocycles. The van der Waals surface area contributed by atoms with Gasteiger partial charge in [0.05, 0.1) is 0 Å². The number of benzene rings is 1. The maximum Gasteiger partial charge on any atom is 0.251 e. The van der Waals surface area contributed by atoms with Gasteiger partial charge >= 0.3 is 0 Å². The molecule has 3 aliphatic rings. The molecule has 0 radical (unpaired) electrons. The lowest BCUT2D eigenvalue weighted by Gasteiger charge is -2.32. The summed E-state index contributed by atoms with van der Waals surface area (Å²) in [5, 5.41) is 3.00. The van der Waals surface area contributed by atoms with E-state index in [9.17, 15) is 4.79 Å². The Morgan fingerprint density at radius 3 is 2.93 bits per heavy atom. The maximum absolute atomic E-state index is 11.7. The van der Waals surface area contributed by atoms with E-state index in [1.54, 1.807) is 6.07 Å². The lowest BCUT2D eigenvalue weighted by Crippen LogP contribution is -2.39. The molecule has 1 amide bonds. The Bertz CT molecular complexity index is 408. The van der Waals surface area contributed by atoms with Crippen LogP contribution in [0.15, 0.2) is 18.2 Å². The van der Waals surface area contributed by atoms with Gasteiger partial charge in [0.25, 0.3) is 5.91 Å². The van der Waals surface area contributed by atoms with Gasteiger partial charge in [-0.15, -0.1) is 0 Å². The summed E-state index contributed by atoms with van der Waals surface area (Å²) < 4.78 is 0. The second-order valence-corrected chi connectivity index (χ2v) is 4.19. The van der Waals surface area contributed by atoms with Crippen LogP contribution in [0, 0.1) is 0 Å². The molecule has 3 nitrogen and oxygen atoms in total. The molecule has 2 heterocycles. The molecule has 0 spiro atoms. The van der Waals surface area contributed by atoms with Crippen molar-refractivity contribution in [2.75, 3.05) is 5.73 Å². The number of nitrogen functional groups attached to an aromatic ring is 1. The fourth-order valence-electron chi connectivity index (χ4n) is 2.38. The summed E-state index contributed by atoms with van der Waals surface area (Å²) in [7, 11) is 0. The van der Waals surface area contributed by atoms with E-state index in [4.69, 9.17) is 5.73 Å². The fraction of sp³-hybridized carbons (Fsp3) is 0.364. The first kappa shape index (κ1) is 7.85. The van der Waals surface area contributed by atoms with Crippen molar-refractivity contribution < 1.29 is 4.79 Å². The summed E-state index contributed by atoms with van der Waals surface area (Å²) in [4.78, 5) is 11.7. The largest absolute Gasteiger partial charge is 0.399 e. The van der Waals surface area contributed by atoms with Gasteiger partial charge in [0.2, 0.25) is 0 Å². The number of hydrogen-bond acceptors (Lipinski definition) is 2. The Labute approximate surface area is 82.3 Å². The van der Waals surface area contributed by atoms with Crippen LogP contribution >= 0.6 is 0 Å². The molecule has 1 saturated carbocycles. The number of anilines is 1. The number of hydrogen-bond donors (Lipinski definition) is 2. The van der Waals surface area contributed by atoms with Crippen molar-refractivity contribution in [3.63, 3.8) is 0 Å². The van der Waals surface area contributed by atoms with Crippen LogP contribution in [0.1, 0.15) is 34.7 Å². The van der Waals surface area contributed by atoms with Crippen LogP contribution in [0.25, 0.3) is 0 Å². The van der Waals surface area contributed by atoms with Crippen LogP contribution in [-0.2, 0) is 0 Å². The highest BCUT2D eigenvalue weighted by Gasteiger charge is 2.37. The van der Waals surface area contributed by atoms with Crippen LogP contribution < -0.4 is 11.1 Å². The van der Waals surface area contributed by atoms with Crippen molar-refractivity contribution in [2.24, 2.45) is 0 Å². The highest BCUT2D eigenvalue weighted by atomic mass is 16.1. The van der Waals surface area contributed by atoms with Gasteiger partial charge in [-0.05, 0) is 42.5 Å². The Kier molecular flexibility index (Phi) is 1.40. The van der Waals surface area contributed by atoms with E-state index in [2.05, 4.69) is 5.32 Å². The first-order chi connectivity index (χ1) is 6.74. The molecule has 72 valence electrons. The molecule has 1 fully saturated rings. The van der Waals surface area contributed by atoms with Gasteiger partial charge in [0, 0.05) is 17.3 Å². The van der Waals surface area contributed by atoms with Crippen LogP contribution in [0.4, 0.5) is 5.69 Å². The van der Waals surface area contributed by atoms with Crippen molar-refractivity contribution in [1.29, 1.82) is 0 Å². The van der Waals surface area contributed by atoms with Crippen LogP contribution in [0.5, 0.6) is 0 Å². The standard InChI is InChI=1S/C11H12N2O/c12-7-1-2-9-10(5-7)6-3-8(4-6)13-11(9)14/h1-2,5-6,8H,3-4,12H2,(H,13,14). The predicted molar refractivity (Wildman–Crippen MR) is 54.1 cm³/mol. The molecule has 0 saturated heterocycles. The lowest BCUT2D eigenvalue weighted by molar-refractivity contribution is 0.0926. The Morgan fingerprint density at radius 1 is 1.36 bits per heavy atom. The Balaban J connectivity index is 2.17. The maximum atomic E-state index is 11.7. The minimum atomic E-state index is 0.0602. The van der Waals surface area contributed by atoms with Gasteiger partial charge in [-0.3, -0.25) is 4.79 Å². The van der Waals surface area contributed by atoms with Crippen LogP contribution in [0.3, 0.4) is 0 Å². The number of fused-ring (bicyclic) bond motifs is 1. The fourth-order valence-corrected chi connectivity index (χ4v) is 2.38.